The zero-order valence-electron chi connectivity index (χ0n) is 15.1. The van der Waals surface area contributed by atoms with Crippen LogP contribution in [0.15, 0.2) is 40.2 Å². The van der Waals surface area contributed by atoms with Crippen molar-refractivity contribution in [3.8, 4) is 5.75 Å². The third-order valence-electron chi connectivity index (χ3n) is 5.28. The Kier molecular flexibility index (Phi) is 5.65. The molecule has 3 aliphatic rings. The molecule has 1 amide bonds. The molecule has 1 aromatic rings. The van der Waals surface area contributed by atoms with Crippen LogP contribution in [0.1, 0.15) is 37.7 Å². The van der Waals surface area contributed by atoms with Crippen molar-refractivity contribution in [3.63, 3.8) is 0 Å². The van der Waals surface area contributed by atoms with Crippen molar-refractivity contribution in [1.82, 2.24) is 4.90 Å². The molecule has 0 radical (unpaired) electrons. The first-order chi connectivity index (χ1) is 12.8. The molecule has 138 valence electrons. The van der Waals surface area contributed by atoms with Gasteiger partial charge in [0.1, 0.15) is 5.75 Å². The first-order valence-electron chi connectivity index (χ1n) is 9.58. The smallest absolute Gasteiger partial charge is 0.224 e. The second-order valence-corrected chi connectivity index (χ2v) is 8.17. The van der Waals surface area contributed by atoms with Gasteiger partial charge in [0.05, 0.1) is 6.61 Å². The minimum absolute atomic E-state index is 0.0982. The fraction of sp³-hybridized carbons (Fsp3) is 0.476. The van der Waals surface area contributed by atoms with Gasteiger partial charge in [0.25, 0.3) is 0 Å². The molecule has 0 bridgehead atoms. The van der Waals surface area contributed by atoms with Gasteiger partial charge in [-0.3, -0.25) is 9.69 Å². The zero-order chi connectivity index (χ0) is 17.8. The summed E-state index contributed by atoms with van der Waals surface area (Å²) in [5, 5.41) is 5.16. The Hall–Kier alpha value is -1.72. The van der Waals surface area contributed by atoms with Crippen LogP contribution in [0.3, 0.4) is 0 Å². The number of allylic oxidation sites excluding steroid dienone is 1. The van der Waals surface area contributed by atoms with Crippen molar-refractivity contribution in [1.29, 1.82) is 0 Å². The summed E-state index contributed by atoms with van der Waals surface area (Å²) in [6.07, 6.45) is 8.28. The molecule has 0 fully saturated rings. The molecule has 26 heavy (non-hydrogen) atoms. The summed E-state index contributed by atoms with van der Waals surface area (Å²) in [5.41, 5.74) is 3.76. The summed E-state index contributed by atoms with van der Waals surface area (Å²) in [6, 6.07) is 6.04. The van der Waals surface area contributed by atoms with Crippen LogP contribution in [-0.4, -0.2) is 37.0 Å². The molecule has 0 unspecified atom stereocenters. The van der Waals surface area contributed by atoms with Gasteiger partial charge in [0.2, 0.25) is 5.91 Å². The van der Waals surface area contributed by atoms with E-state index in [0.717, 1.165) is 56.8 Å². The van der Waals surface area contributed by atoms with Crippen LogP contribution in [0.4, 0.5) is 5.69 Å². The van der Waals surface area contributed by atoms with Gasteiger partial charge in [-0.15, -0.1) is 11.8 Å². The fourth-order valence-electron chi connectivity index (χ4n) is 3.74. The summed E-state index contributed by atoms with van der Waals surface area (Å²) in [6.45, 7) is 4.19. The average Bonchev–Trinajstić information content (AvgIpc) is 2.67. The largest absolute Gasteiger partial charge is 0.494 e. The number of fused-ring (bicyclic) bond motifs is 1. The van der Waals surface area contributed by atoms with E-state index in [9.17, 15) is 4.79 Å². The number of benzene rings is 1. The van der Waals surface area contributed by atoms with Gasteiger partial charge in [0.15, 0.2) is 0 Å². The second-order valence-electron chi connectivity index (χ2n) is 7.17. The summed E-state index contributed by atoms with van der Waals surface area (Å²) in [7, 11) is 0. The summed E-state index contributed by atoms with van der Waals surface area (Å²) in [5.74, 6) is 0.949. The van der Waals surface area contributed by atoms with Gasteiger partial charge in [-0.1, -0.05) is 17.7 Å². The van der Waals surface area contributed by atoms with Crippen molar-refractivity contribution in [2.24, 2.45) is 0 Å². The van der Waals surface area contributed by atoms with Crippen LogP contribution in [0.5, 0.6) is 5.75 Å². The van der Waals surface area contributed by atoms with Gasteiger partial charge in [-0.2, -0.15) is 0 Å². The van der Waals surface area contributed by atoms with Crippen LogP contribution >= 0.6 is 11.8 Å². The lowest BCUT2D eigenvalue weighted by atomic mass is 10.0. The number of carbonyl (C=O) groups is 1. The normalized spacial score (nSPS) is 19.8. The van der Waals surface area contributed by atoms with Gasteiger partial charge >= 0.3 is 0 Å². The molecule has 1 aromatic carbocycles. The Balaban J connectivity index is 1.18. The van der Waals surface area contributed by atoms with E-state index in [-0.39, 0.29) is 5.91 Å². The molecule has 0 spiro atoms. The maximum absolute atomic E-state index is 11.5. The Morgan fingerprint density at radius 3 is 3.12 bits per heavy atom. The van der Waals surface area contributed by atoms with Crippen molar-refractivity contribution in [2.45, 2.75) is 38.5 Å². The quantitative estimate of drug-likeness (QED) is 0.757. The van der Waals surface area contributed by atoms with Gasteiger partial charge < -0.3 is 10.1 Å². The highest BCUT2D eigenvalue weighted by molar-refractivity contribution is 8.05. The third kappa shape index (κ3) is 4.33. The minimum atomic E-state index is 0.0982. The van der Waals surface area contributed by atoms with Crippen molar-refractivity contribution < 1.29 is 9.53 Å². The number of anilines is 1. The van der Waals surface area contributed by atoms with Crippen molar-refractivity contribution >= 4 is 23.4 Å². The molecule has 0 saturated carbocycles. The first-order valence-corrected chi connectivity index (χ1v) is 10.5. The molecule has 1 N–H and O–H groups in total. The first kappa shape index (κ1) is 17.7. The van der Waals surface area contributed by atoms with Crippen molar-refractivity contribution in [3.05, 3.63) is 45.7 Å². The number of amides is 1. The predicted octanol–water partition coefficient (Wildman–Crippen LogP) is 4.34. The lowest BCUT2D eigenvalue weighted by Gasteiger charge is -2.31. The monoisotopic (exact) mass is 370 g/mol. The van der Waals surface area contributed by atoms with E-state index < -0.39 is 0 Å². The highest BCUT2D eigenvalue weighted by Crippen LogP contribution is 2.34. The van der Waals surface area contributed by atoms with Gasteiger partial charge in [-0.05, 0) is 55.7 Å². The van der Waals surface area contributed by atoms with E-state index in [4.69, 9.17) is 4.74 Å². The Morgan fingerprint density at radius 1 is 1.19 bits per heavy atom. The number of ether oxygens (including phenoxy) is 1. The Labute approximate surface area is 159 Å². The zero-order valence-corrected chi connectivity index (χ0v) is 15.9. The van der Waals surface area contributed by atoms with Crippen molar-refractivity contribution in [2.75, 3.05) is 31.6 Å². The standard InChI is InChI=1S/C21H26N2O2S/c24-21-8-6-16-5-7-18(14-19(16)22-21)25-12-2-1-10-23-11-9-17-4-3-13-26-20(17)15-23/h3,5,7,13-14H,1-2,4,6,8-12,15H2,(H,22,24). The Bertz CT molecular complexity index is 742. The SMILES string of the molecule is O=C1CCc2ccc(OCCCCN3CCC4=C(C3)SC=CC4)cc2N1. The fourth-order valence-corrected chi connectivity index (χ4v) is 4.71. The number of nitrogens with one attached hydrogen (secondary N) is 1. The molecule has 0 atom stereocenters. The van der Waals surface area contributed by atoms with Crippen LogP contribution in [0.2, 0.25) is 0 Å². The van der Waals surface area contributed by atoms with E-state index in [1.807, 2.05) is 23.9 Å². The molecule has 4 nitrogen and oxygen atoms in total. The Morgan fingerprint density at radius 2 is 2.15 bits per heavy atom. The minimum Gasteiger partial charge on any atom is -0.494 e. The number of unbranched alkanes of at least 4 members (excludes halogenated alkanes) is 1. The number of hydrogen-bond acceptors (Lipinski definition) is 4. The molecule has 3 heterocycles. The lowest BCUT2D eigenvalue weighted by Crippen LogP contribution is -2.32. The maximum atomic E-state index is 11.5. The highest BCUT2D eigenvalue weighted by Gasteiger charge is 2.19. The second kappa shape index (κ2) is 8.31. The van der Waals surface area contributed by atoms with E-state index in [1.165, 1.54) is 18.5 Å². The molecular weight excluding hydrogens is 344 g/mol. The van der Waals surface area contributed by atoms with Crippen LogP contribution in [0, 0.1) is 0 Å². The predicted molar refractivity (Wildman–Crippen MR) is 108 cm³/mol. The number of rotatable bonds is 6. The van der Waals surface area contributed by atoms with Gasteiger partial charge in [-0.25, -0.2) is 0 Å². The van der Waals surface area contributed by atoms with E-state index >= 15 is 0 Å². The summed E-state index contributed by atoms with van der Waals surface area (Å²) < 4.78 is 5.89. The molecule has 3 aliphatic heterocycles. The van der Waals surface area contributed by atoms with Crippen LogP contribution < -0.4 is 10.1 Å². The van der Waals surface area contributed by atoms with E-state index in [2.05, 4.69) is 27.8 Å². The molecule has 4 rings (SSSR count). The summed E-state index contributed by atoms with van der Waals surface area (Å²) >= 11 is 1.91. The number of hydrogen-bond donors (Lipinski definition) is 1. The molecular formula is C21H26N2O2S. The van der Waals surface area contributed by atoms with E-state index in [0.29, 0.717) is 6.42 Å². The third-order valence-corrected chi connectivity index (χ3v) is 6.31. The van der Waals surface area contributed by atoms with Gasteiger partial charge in [0, 0.05) is 36.2 Å². The topological polar surface area (TPSA) is 41.6 Å². The number of nitrogens with zero attached hydrogens (tertiary/aromatic N) is 1. The highest BCUT2D eigenvalue weighted by atomic mass is 32.2. The molecule has 5 heteroatoms. The molecule has 0 aromatic heterocycles. The van der Waals surface area contributed by atoms with Crippen LogP contribution in [-0.2, 0) is 11.2 Å². The maximum Gasteiger partial charge on any atom is 0.224 e. The molecule has 0 aliphatic carbocycles. The number of carbonyl (C=O) groups excluding carboxylic acids is 1. The lowest BCUT2D eigenvalue weighted by molar-refractivity contribution is -0.116. The molecule has 0 saturated heterocycles. The number of aryl methyl sites for hydroxylation is 1. The number of thioether (sulfide) groups is 1. The average molecular weight is 371 g/mol. The van der Waals surface area contributed by atoms with Crippen LogP contribution in [0.25, 0.3) is 0 Å². The summed E-state index contributed by atoms with van der Waals surface area (Å²) in [4.78, 5) is 15.7. The van der Waals surface area contributed by atoms with E-state index in [1.54, 1.807) is 10.5 Å².